The van der Waals surface area contributed by atoms with Crippen LogP contribution in [-0.2, 0) is 6.54 Å². The Morgan fingerprint density at radius 1 is 0.909 bits per heavy atom. The van der Waals surface area contributed by atoms with Gasteiger partial charge in [0, 0.05) is 12.1 Å². The van der Waals surface area contributed by atoms with E-state index in [0.29, 0.717) is 42.5 Å². The summed E-state index contributed by atoms with van der Waals surface area (Å²) >= 11 is 0. The second-order valence-corrected chi connectivity index (χ2v) is 7.20. The van der Waals surface area contributed by atoms with Crippen LogP contribution in [0.2, 0.25) is 0 Å². The van der Waals surface area contributed by atoms with Crippen molar-refractivity contribution in [3.63, 3.8) is 0 Å². The molecule has 4 rings (SSSR count). The van der Waals surface area contributed by atoms with Gasteiger partial charge in [0.05, 0.1) is 19.2 Å². The fourth-order valence-corrected chi connectivity index (χ4v) is 3.31. The van der Waals surface area contributed by atoms with Gasteiger partial charge in [0.1, 0.15) is 18.1 Å². The molecule has 3 aromatic rings. The second kappa shape index (κ2) is 10.4. The maximum absolute atomic E-state index is 12.7. The van der Waals surface area contributed by atoms with Crippen LogP contribution in [0.25, 0.3) is 0 Å². The van der Waals surface area contributed by atoms with E-state index in [2.05, 4.69) is 10.6 Å². The van der Waals surface area contributed by atoms with Gasteiger partial charge in [-0.2, -0.15) is 0 Å². The van der Waals surface area contributed by atoms with E-state index in [0.717, 1.165) is 11.3 Å². The Morgan fingerprint density at radius 2 is 1.73 bits per heavy atom. The molecule has 3 aromatic carbocycles. The van der Waals surface area contributed by atoms with Gasteiger partial charge in [-0.1, -0.05) is 24.3 Å². The van der Waals surface area contributed by atoms with Crippen LogP contribution in [0.1, 0.15) is 26.3 Å². The van der Waals surface area contributed by atoms with Crippen molar-refractivity contribution in [1.82, 2.24) is 10.6 Å². The van der Waals surface area contributed by atoms with E-state index >= 15 is 0 Å². The van der Waals surface area contributed by atoms with E-state index in [4.69, 9.17) is 18.9 Å². The first-order valence-corrected chi connectivity index (χ1v) is 10.4. The number of methoxy groups -OCH3 is 1. The highest BCUT2D eigenvalue weighted by molar-refractivity contribution is 6.01. The summed E-state index contributed by atoms with van der Waals surface area (Å²) < 4.78 is 21.5. The number of carbonyl (C=O) groups excluding carboxylic acids is 2. The molecule has 0 aromatic heterocycles. The van der Waals surface area contributed by atoms with E-state index in [-0.39, 0.29) is 24.2 Å². The zero-order chi connectivity index (χ0) is 23.0. The molecule has 170 valence electrons. The van der Waals surface area contributed by atoms with E-state index in [1.807, 2.05) is 42.5 Å². The van der Waals surface area contributed by atoms with Gasteiger partial charge < -0.3 is 29.6 Å². The average molecular weight is 448 g/mol. The van der Waals surface area contributed by atoms with Crippen LogP contribution in [0.5, 0.6) is 23.0 Å². The standard InChI is InChI=1S/C25H24N2O6/c1-30-21-10-8-18(24(28)27-15-17-7-9-22-23(13-17)33-16-32-22)14-20(21)25(29)26-11-12-31-19-5-3-2-4-6-19/h2-10,13-14H,11-12,15-16H2,1H3,(H,26,29)(H,27,28). The first-order valence-electron chi connectivity index (χ1n) is 10.4. The molecule has 0 aliphatic carbocycles. The van der Waals surface area contributed by atoms with Gasteiger partial charge in [0.15, 0.2) is 11.5 Å². The van der Waals surface area contributed by atoms with Gasteiger partial charge in [-0.05, 0) is 48.0 Å². The van der Waals surface area contributed by atoms with Crippen molar-refractivity contribution in [2.75, 3.05) is 27.1 Å². The Hall–Kier alpha value is -4.20. The quantitative estimate of drug-likeness (QED) is 0.489. The Labute approximate surface area is 191 Å². The van der Waals surface area contributed by atoms with Gasteiger partial charge in [0.25, 0.3) is 11.8 Å². The van der Waals surface area contributed by atoms with Crippen molar-refractivity contribution in [3.05, 3.63) is 83.4 Å². The number of hydrogen-bond acceptors (Lipinski definition) is 6. The van der Waals surface area contributed by atoms with E-state index in [9.17, 15) is 9.59 Å². The molecule has 2 amide bonds. The Morgan fingerprint density at radius 3 is 2.55 bits per heavy atom. The highest BCUT2D eigenvalue weighted by atomic mass is 16.7. The molecule has 2 N–H and O–H groups in total. The Kier molecular flexibility index (Phi) is 6.94. The minimum atomic E-state index is -0.353. The number of benzene rings is 3. The lowest BCUT2D eigenvalue weighted by molar-refractivity contribution is 0.0944. The summed E-state index contributed by atoms with van der Waals surface area (Å²) in [6.45, 7) is 1.12. The molecule has 0 bridgehead atoms. The summed E-state index contributed by atoms with van der Waals surface area (Å²) in [4.78, 5) is 25.4. The molecule has 1 heterocycles. The highest BCUT2D eigenvalue weighted by Gasteiger charge is 2.17. The van der Waals surface area contributed by atoms with Gasteiger partial charge in [-0.25, -0.2) is 0 Å². The zero-order valence-corrected chi connectivity index (χ0v) is 18.1. The smallest absolute Gasteiger partial charge is 0.255 e. The summed E-state index contributed by atoms with van der Waals surface area (Å²) in [5.74, 6) is 1.78. The number of nitrogens with one attached hydrogen (secondary N) is 2. The fraction of sp³-hybridized carbons (Fsp3) is 0.200. The van der Waals surface area contributed by atoms with Crippen LogP contribution in [-0.4, -0.2) is 38.9 Å². The third-order valence-corrected chi connectivity index (χ3v) is 5.00. The predicted octanol–water partition coefficient (Wildman–Crippen LogP) is 3.16. The molecule has 0 spiro atoms. The topological polar surface area (TPSA) is 95.1 Å². The summed E-state index contributed by atoms with van der Waals surface area (Å²) in [7, 11) is 1.48. The van der Waals surface area contributed by atoms with Crippen LogP contribution >= 0.6 is 0 Å². The van der Waals surface area contributed by atoms with Crippen molar-refractivity contribution in [1.29, 1.82) is 0 Å². The van der Waals surface area contributed by atoms with Crippen LogP contribution < -0.4 is 29.6 Å². The molecule has 0 saturated carbocycles. The van der Waals surface area contributed by atoms with Crippen LogP contribution in [0.15, 0.2) is 66.7 Å². The summed E-state index contributed by atoms with van der Waals surface area (Å²) in [5, 5.41) is 5.64. The predicted molar refractivity (Wildman–Crippen MR) is 121 cm³/mol. The maximum atomic E-state index is 12.7. The monoisotopic (exact) mass is 448 g/mol. The summed E-state index contributed by atoms with van der Waals surface area (Å²) in [5.41, 5.74) is 1.49. The average Bonchev–Trinajstić information content (AvgIpc) is 3.33. The fourth-order valence-electron chi connectivity index (χ4n) is 3.31. The highest BCUT2D eigenvalue weighted by Crippen LogP contribution is 2.32. The van der Waals surface area contributed by atoms with Gasteiger partial charge >= 0.3 is 0 Å². The number of para-hydroxylation sites is 1. The molecule has 33 heavy (non-hydrogen) atoms. The largest absolute Gasteiger partial charge is 0.496 e. The first-order chi connectivity index (χ1) is 16.1. The second-order valence-electron chi connectivity index (χ2n) is 7.20. The molecule has 0 saturated heterocycles. The van der Waals surface area contributed by atoms with Crippen molar-refractivity contribution >= 4 is 11.8 Å². The number of amides is 2. The lowest BCUT2D eigenvalue weighted by atomic mass is 10.1. The lowest BCUT2D eigenvalue weighted by Crippen LogP contribution is -2.29. The Balaban J connectivity index is 1.34. The number of ether oxygens (including phenoxy) is 4. The van der Waals surface area contributed by atoms with Crippen LogP contribution in [0.4, 0.5) is 0 Å². The molecular weight excluding hydrogens is 424 g/mol. The first kappa shape index (κ1) is 22.0. The number of carbonyl (C=O) groups is 2. The molecule has 0 atom stereocenters. The van der Waals surface area contributed by atoms with Gasteiger partial charge in [-0.3, -0.25) is 9.59 Å². The van der Waals surface area contributed by atoms with E-state index in [1.165, 1.54) is 13.2 Å². The molecule has 8 heteroatoms. The third kappa shape index (κ3) is 5.54. The summed E-state index contributed by atoms with van der Waals surface area (Å²) in [6, 6.07) is 19.6. The summed E-state index contributed by atoms with van der Waals surface area (Å²) in [6.07, 6.45) is 0. The molecule has 0 radical (unpaired) electrons. The molecule has 1 aliphatic heterocycles. The molecule has 0 fully saturated rings. The SMILES string of the molecule is COc1ccc(C(=O)NCc2ccc3c(c2)OCO3)cc1C(=O)NCCOc1ccccc1. The number of rotatable bonds is 9. The normalized spacial score (nSPS) is 11.5. The number of fused-ring (bicyclic) bond motifs is 1. The zero-order valence-electron chi connectivity index (χ0n) is 18.1. The van der Waals surface area contributed by atoms with Gasteiger partial charge in [-0.15, -0.1) is 0 Å². The van der Waals surface area contributed by atoms with Crippen molar-refractivity contribution < 1.29 is 28.5 Å². The van der Waals surface area contributed by atoms with Crippen molar-refractivity contribution in [2.24, 2.45) is 0 Å². The van der Waals surface area contributed by atoms with E-state index < -0.39 is 0 Å². The van der Waals surface area contributed by atoms with Crippen LogP contribution in [0, 0.1) is 0 Å². The van der Waals surface area contributed by atoms with Crippen LogP contribution in [0.3, 0.4) is 0 Å². The van der Waals surface area contributed by atoms with Crippen molar-refractivity contribution in [2.45, 2.75) is 6.54 Å². The Bertz CT molecular complexity index is 1130. The van der Waals surface area contributed by atoms with Gasteiger partial charge in [0.2, 0.25) is 6.79 Å². The molecule has 1 aliphatic rings. The number of hydrogen-bond donors (Lipinski definition) is 2. The molecular formula is C25H24N2O6. The maximum Gasteiger partial charge on any atom is 0.255 e. The third-order valence-electron chi connectivity index (χ3n) is 5.00. The van der Waals surface area contributed by atoms with E-state index in [1.54, 1.807) is 18.2 Å². The van der Waals surface area contributed by atoms with Crippen molar-refractivity contribution in [3.8, 4) is 23.0 Å². The lowest BCUT2D eigenvalue weighted by Gasteiger charge is -2.12. The minimum Gasteiger partial charge on any atom is -0.496 e. The molecule has 8 nitrogen and oxygen atoms in total. The minimum absolute atomic E-state index is 0.195. The molecule has 0 unspecified atom stereocenters.